The third-order valence-corrected chi connectivity index (χ3v) is 3.23. The van der Waals surface area contributed by atoms with Crippen molar-refractivity contribution in [3.8, 4) is 0 Å². The van der Waals surface area contributed by atoms with E-state index in [0.717, 1.165) is 18.6 Å². The Labute approximate surface area is 133 Å². The summed E-state index contributed by atoms with van der Waals surface area (Å²) in [7, 11) is 0. The average molecular weight is 324 g/mol. The van der Waals surface area contributed by atoms with Gasteiger partial charge >= 0.3 is 6.03 Å². The van der Waals surface area contributed by atoms with Crippen molar-refractivity contribution in [1.29, 1.82) is 0 Å². The maximum atomic E-state index is 13.3. The SMILES string of the molecule is CC[C@@H](C)NC(=O)[C@@H](C)NC(=O)Nc1ccc(F)c(C(N)=O)c1. The van der Waals surface area contributed by atoms with Crippen LogP contribution in [0.2, 0.25) is 0 Å². The number of anilines is 1. The van der Waals surface area contributed by atoms with E-state index in [4.69, 9.17) is 5.73 Å². The van der Waals surface area contributed by atoms with E-state index in [1.807, 2.05) is 13.8 Å². The van der Waals surface area contributed by atoms with Crippen LogP contribution in [0.25, 0.3) is 0 Å². The molecule has 0 saturated heterocycles. The van der Waals surface area contributed by atoms with Gasteiger partial charge in [-0.05, 0) is 38.5 Å². The van der Waals surface area contributed by atoms with Crippen LogP contribution in [0, 0.1) is 5.82 Å². The first-order chi connectivity index (χ1) is 10.7. The fraction of sp³-hybridized carbons (Fsp3) is 0.400. The summed E-state index contributed by atoms with van der Waals surface area (Å²) in [6.45, 7) is 5.33. The predicted molar refractivity (Wildman–Crippen MR) is 84.4 cm³/mol. The molecule has 23 heavy (non-hydrogen) atoms. The average Bonchev–Trinajstić information content (AvgIpc) is 2.48. The Morgan fingerprint density at radius 3 is 2.43 bits per heavy atom. The van der Waals surface area contributed by atoms with Crippen LogP contribution in [-0.2, 0) is 4.79 Å². The van der Waals surface area contributed by atoms with E-state index in [-0.39, 0.29) is 23.2 Å². The lowest BCUT2D eigenvalue weighted by Gasteiger charge is -2.17. The minimum Gasteiger partial charge on any atom is -0.366 e. The van der Waals surface area contributed by atoms with Crippen molar-refractivity contribution in [3.63, 3.8) is 0 Å². The van der Waals surface area contributed by atoms with Crippen molar-refractivity contribution in [1.82, 2.24) is 10.6 Å². The lowest BCUT2D eigenvalue weighted by atomic mass is 10.2. The van der Waals surface area contributed by atoms with Crippen molar-refractivity contribution >= 4 is 23.5 Å². The number of carbonyl (C=O) groups excluding carboxylic acids is 3. The molecule has 0 fully saturated rings. The Bertz CT molecular complexity index is 606. The van der Waals surface area contributed by atoms with Crippen molar-refractivity contribution < 1.29 is 18.8 Å². The van der Waals surface area contributed by atoms with Gasteiger partial charge in [0, 0.05) is 11.7 Å². The quantitative estimate of drug-likeness (QED) is 0.633. The smallest absolute Gasteiger partial charge is 0.319 e. The van der Waals surface area contributed by atoms with Crippen LogP contribution in [0.15, 0.2) is 18.2 Å². The number of hydrogen-bond acceptors (Lipinski definition) is 3. The second kappa shape index (κ2) is 8.11. The zero-order valence-corrected chi connectivity index (χ0v) is 13.3. The zero-order chi connectivity index (χ0) is 17.6. The summed E-state index contributed by atoms with van der Waals surface area (Å²) in [6, 6.07) is 2.03. The van der Waals surface area contributed by atoms with Gasteiger partial charge in [0.2, 0.25) is 5.91 Å². The standard InChI is InChI=1S/C15H21FN4O3/c1-4-8(2)18-14(22)9(3)19-15(23)20-10-5-6-12(16)11(7-10)13(17)21/h5-9H,4H2,1-3H3,(H2,17,21)(H,18,22)(H2,19,20,23)/t8-,9-/m1/s1. The number of hydrogen-bond donors (Lipinski definition) is 4. The molecule has 5 N–H and O–H groups in total. The molecule has 0 radical (unpaired) electrons. The number of urea groups is 1. The normalized spacial score (nSPS) is 12.9. The highest BCUT2D eigenvalue weighted by atomic mass is 19.1. The molecule has 1 aromatic carbocycles. The number of benzene rings is 1. The lowest BCUT2D eigenvalue weighted by molar-refractivity contribution is -0.123. The minimum atomic E-state index is -0.937. The summed E-state index contributed by atoms with van der Waals surface area (Å²) in [6.07, 6.45) is 0.774. The lowest BCUT2D eigenvalue weighted by Crippen LogP contribution is -2.48. The number of rotatable bonds is 6. The third-order valence-electron chi connectivity index (χ3n) is 3.23. The molecule has 0 bridgehead atoms. The molecule has 1 aromatic rings. The number of primary amides is 1. The highest BCUT2D eigenvalue weighted by molar-refractivity contribution is 5.97. The van der Waals surface area contributed by atoms with Gasteiger partial charge in [0.15, 0.2) is 0 Å². The zero-order valence-electron chi connectivity index (χ0n) is 13.3. The molecule has 0 aliphatic rings. The fourth-order valence-corrected chi connectivity index (χ4v) is 1.69. The molecule has 0 aliphatic heterocycles. The molecule has 0 aromatic heterocycles. The van der Waals surface area contributed by atoms with Crippen LogP contribution >= 0.6 is 0 Å². The third kappa shape index (κ3) is 5.57. The second-order valence-corrected chi connectivity index (χ2v) is 5.20. The largest absolute Gasteiger partial charge is 0.366 e. The topological polar surface area (TPSA) is 113 Å². The van der Waals surface area contributed by atoms with E-state index in [9.17, 15) is 18.8 Å². The molecular weight excluding hydrogens is 303 g/mol. The minimum absolute atomic E-state index is 0.00466. The molecule has 0 saturated carbocycles. The van der Waals surface area contributed by atoms with Gasteiger partial charge in [0.05, 0.1) is 5.56 Å². The summed E-state index contributed by atoms with van der Waals surface area (Å²) < 4.78 is 13.3. The van der Waals surface area contributed by atoms with Gasteiger partial charge in [-0.1, -0.05) is 6.92 Å². The Kier molecular flexibility index (Phi) is 6.49. The molecule has 4 amide bonds. The number of carbonyl (C=O) groups is 3. The van der Waals surface area contributed by atoms with E-state index in [0.29, 0.717) is 0 Å². The van der Waals surface area contributed by atoms with Crippen molar-refractivity contribution in [2.45, 2.75) is 39.3 Å². The molecule has 0 aliphatic carbocycles. The van der Waals surface area contributed by atoms with Gasteiger partial charge in [-0.3, -0.25) is 9.59 Å². The van der Waals surface area contributed by atoms with Crippen LogP contribution in [0.3, 0.4) is 0 Å². The Morgan fingerprint density at radius 1 is 1.22 bits per heavy atom. The fourth-order valence-electron chi connectivity index (χ4n) is 1.69. The van der Waals surface area contributed by atoms with Crippen molar-refractivity contribution in [2.75, 3.05) is 5.32 Å². The first-order valence-electron chi connectivity index (χ1n) is 7.21. The maximum absolute atomic E-state index is 13.3. The maximum Gasteiger partial charge on any atom is 0.319 e. The van der Waals surface area contributed by atoms with Gasteiger partial charge in [-0.15, -0.1) is 0 Å². The molecule has 0 spiro atoms. The first-order valence-corrected chi connectivity index (χ1v) is 7.21. The first kappa shape index (κ1) is 18.4. The van der Waals surface area contributed by atoms with Crippen LogP contribution in [0.5, 0.6) is 0 Å². The van der Waals surface area contributed by atoms with Crippen LogP contribution in [0.4, 0.5) is 14.9 Å². The van der Waals surface area contributed by atoms with Crippen molar-refractivity contribution in [2.24, 2.45) is 5.73 Å². The Morgan fingerprint density at radius 2 is 1.87 bits per heavy atom. The van der Waals surface area contributed by atoms with Crippen LogP contribution in [0.1, 0.15) is 37.6 Å². The van der Waals surface area contributed by atoms with Crippen molar-refractivity contribution in [3.05, 3.63) is 29.6 Å². The number of halogens is 1. The molecule has 1 rings (SSSR count). The highest BCUT2D eigenvalue weighted by Gasteiger charge is 2.17. The molecule has 8 heteroatoms. The summed E-state index contributed by atoms with van der Waals surface area (Å²) >= 11 is 0. The highest BCUT2D eigenvalue weighted by Crippen LogP contribution is 2.14. The van der Waals surface area contributed by atoms with E-state index in [2.05, 4.69) is 16.0 Å². The summed E-state index contributed by atoms with van der Waals surface area (Å²) in [5.74, 6) is -2.02. The van der Waals surface area contributed by atoms with Gasteiger partial charge in [-0.25, -0.2) is 9.18 Å². The van der Waals surface area contributed by atoms with E-state index in [1.165, 1.54) is 13.0 Å². The van der Waals surface area contributed by atoms with E-state index >= 15 is 0 Å². The molecule has 0 unspecified atom stereocenters. The Balaban J connectivity index is 2.65. The van der Waals surface area contributed by atoms with Crippen LogP contribution < -0.4 is 21.7 Å². The number of amides is 4. The molecule has 0 heterocycles. The summed E-state index contributed by atoms with van der Waals surface area (Å²) in [5, 5.41) is 7.60. The summed E-state index contributed by atoms with van der Waals surface area (Å²) in [5.41, 5.74) is 4.89. The molecule has 7 nitrogen and oxygen atoms in total. The summed E-state index contributed by atoms with van der Waals surface area (Å²) in [4.78, 5) is 34.7. The van der Waals surface area contributed by atoms with E-state index in [1.54, 1.807) is 0 Å². The van der Waals surface area contributed by atoms with Gasteiger partial charge < -0.3 is 21.7 Å². The molecule has 2 atom stereocenters. The monoisotopic (exact) mass is 324 g/mol. The number of nitrogens with two attached hydrogens (primary N) is 1. The molecule has 126 valence electrons. The van der Waals surface area contributed by atoms with Gasteiger partial charge in [0.25, 0.3) is 5.91 Å². The van der Waals surface area contributed by atoms with Crippen LogP contribution in [-0.4, -0.2) is 29.9 Å². The number of nitrogens with one attached hydrogen (secondary N) is 3. The van der Waals surface area contributed by atoms with Gasteiger partial charge in [0.1, 0.15) is 11.9 Å². The molecular formula is C15H21FN4O3. The second-order valence-electron chi connectivity index (χ2n) is 5.20. The Hall–Kier alpha value is -2.64. The predicted octanol–water partition coefficient (Wildman–Crippen LogP) is 1.35. The van der Waals surface area contributed by atoms with Gasteiger partial charge in [-0.2, -0.15) is 0 Å². The van der Waals surface area contributed by atoms with E-state index < -0.39 is 23.8 Å².